The summed E-state index contributed by atoms with van der Waals surface area (Å²) in [6.07, 6.45) is 0. The Bertz CT molecular complexity index is 433. The lowest BCUT2D eigenvalue weighted by atomic mass is 10.1. The summed E-state index contributed by atoms with van der Waals surface area (Å²) in [5, 5.41) is 2.87. The predicted octanol–water partition coefficient (Wildman–Crippen LogP) is 2.52. The largest absolute Gasteiger partial charge is 0.370 e. The lowest BCUT2D eigenvalue weighted by Gasteiger charge is -2.26. The van der Waals surface area contributed by atoms with Gasteiger partial charge in [-0.05, 0) is 39.3 Å². The standard InChI is InChI=1S/C15H25N3O.2ClH/c1-5-18(13-9-7-6-8-12(13)2)11-10-17-14(19)15(3,4)16;;/h6-9H,5,10-11,16H2,1-4H3,(H,17,19);2*1H. The van der Waals surface area contributed by atoms with Crippen LogP contribution in [0.3, 0.4) is 0 Å². The molecule has 0 unspecified atom stereocenters. The first-order chi connectivity index (χ1) is 8.86. The summed E-state index contributed by atoms with van der Waals surface area (Å²) in [6, 6.07) is 8.27. The number of anilines is 1. The van der Waals surface area contributed by atoms with Crippen LogP contribution in [-0.4, -0.2) is 31.1 Å². The molecule has 0 aliphatic rings. The van der Waals surface area contributed by atoms with Gasteiger partial charge in [0, 0.05) is 25.3 Å². The molecule has 0 bridgehead atoms. The van der Waals surface area contributed by atoms with Crippen LogP contribution in [0.2, 0.25) is 0 Å². The topological polar surface area (TPSA) is 58.4 Å². The Morgan fingerprint density at radius 2 is 1.86 bits per heavy atom. The van der Waals surface area contributed by atoms with Crippen LogP contribution in [0.1, 0.15) is 26.3 Å². The molecule has 3 N–H and O–H groups in total. The highest BCUT2D eigenvalue weighted by atomic mass is 35.5. The van der Waals surface area contributed by atoms with Crippen molar-refractivity contribution in [2.45, 2.75) is 33.2 Å². The van der Waals surface area contributed by atoms with Crippen molar-refractivity contribution in [3.8, 4) is 0 Å². The van der Waals surface area contributed by atoms with Crippen molar-refractivity contribution in [2.75, 3.05) is 24.5 Å². The minimum absolute atomic E-state index is 0. The predicted molar refractivity (Wildman–Crippen MR) is 94.8 cm³/mol. The zero-order valence-corrected chi connectivity index (χ0v) is 14.8. The van der Waals surface area contributed by atoms with E-state index in [0.29, 0.717) is 6.54 Å². The maximum Gasteiger partial charge on any atom is 0.239 e. The average molecular weight is 336 g/mol. The van der Waals surface area contributed by atoms with Crippen molar-refractivity contribution in [3.63, 3.8) is 0 Å². The van der Waals surface area contributed by atoms with Crippen molar-refractivity contribution < 1.29 is 4.79 Å². The van der Waals surface area contributed by atoms with Crippen LogP contribution in [0.5, 0.6) is 0 Å². The van der Waals surface area contributed by atoms with E-state index in [1.807, 2.05) is 12.1 Å². The molecule has 1 rings (SSSR count). The molecule has 1 aromatic carbocycles. The number of para-hydroxylation sites is 1. The van der Waals surface area contributed by atoms with Gasteiger partial charge in [-0.2, -0.15) is 0 Å². The molecule has 6 heteroatoms. The van der Waals surface area contributed by atoms with Gasteiger partial charge in [-0.1, -0.05) is 18.2 Å². The summed E-state index contributed by atoms with van der Waals surface area (Å²) in [6.45, 7) is 9.92. The van der Waals surface area contributed by atoms with E-state index in [9.17, 15) is 4.79 Å². The maximum absolute atomic E-state index is 11.7. The van der Waals surface area contributed by atoms with E-state index < -0.39 is 5.54 Å². The fourth-order valence-corrected chi connectivity index (χ4v) is 1.90. The number of carbonyl (C=O) groups excluding carboxylic acids is 1. The smallest absolute Gasteiger partial charge is 0.239 e. The number of aryl methyl sites for hydroxylation is 1. The molecule has 0 spiro atoms. The van der Waals surface area contributed by atoms with E-state index in [2.05, 4.69) is 36.2 Å². The molecule has 21 heavy (non-hydrogen) atoms. The summed E-state index contributed by atoms with van der Waals surface area (Å²) in [5.74, 6) is -0.117. The molecular weight excluding hydrogens is 309 g/mol. The van der Waals surface area contributed by atoms with Crippen LogP contribution >= 0.6 is 24.8 Å². The number of rotatable bonds is 6. The normalized spacial score (nSPS) is 10.1. The molecule has 0 radical (unpaired) electrons. The number of nitrogens with one attached hydrogen (secondary N) is 1. The second kappa shape index (κ2) is 9.87. The highest BCUT2D eigenvalue weighted by molar-refractivity contribution is 5.86. The fraction of sp³-hybridized carbons (Fsp3) is 0.533. The maximum atomic E-state index is 11.7. The van der Waals surface area contributed by atoms with Gasteiger partial charge in [0.2, 0.25) is 5.91 Å². The number of carbonyl (C=O) groups is 1. The third-order valence-electron chi connectivity index (χ3n) is 3.09. The zero-order valence-electron chi connectivity index (χ0n) is 13.2. The van der Waals surface area contributed by atoms with Gasteiger partial charge < -0.3 is 16.0 Å². The van der Waals surface area contributed by atoms with Gasteiger partial charge in [0.15, 0.2) is 0 Å². The molecule has 0 aliphatic heterocycles. The Morgan fingerprint density at radius 1 is 1.29 bits per heavy atom. The Balaban J connectivity index is 0. The summed E-state index contributed by atoms with van der Waals surface area (Å²) < 4.78 is 0. The van der Waals surface area contributed by atoms with Crippen LogP contribution in [0.15, 0.2) is 24.3 Å². The zero-order chi connectivity index (χ0) is 14.5. The number of nitrogens with two attached hydrogens (primary N) is 1. The van der Waals surface area contributed by atoms with Crippen molar-refractivity contribution in [2.24, 2.45) is 5.73 Å². The first-order valence-corrected chi connectivity index (χ1v) is 6.74. The Labute approximate surface area is 140 Å². The molecule has 1 aromatic rings. The molecular formula is C15H27Cl2N3O. The molecule has 1 amide bonds. The second-order valence-electron chi connectivity index (χ2n) is 5.34. The van der Waals surface area contributed by atoms with E-state index in [1.165, 1.54) is 11.3 Å². The Morgan fingerprint density at radius 3 is 2.33 bits per heavy atom. The number of halogens is 2. The molecule has 0 aliphatic carbocycles. The number of hydrogen-bond acceptors (Lipinski definition) is 3. The number of nitrogens with zero attached hydrogens (tertiary/aromatic N) is 1. The van der Waals surface area contributed by atoms with Gasteiger partial charge in [0.1, 0.15) is 0 Å². The lowest BCUT2D eigenvalue weighted by Crippen LogP contribution is -2.50. The van der Waals surface area contributed by atoms with Gasteiger partial charge in [0.05, 0.1) is 5.54 Å². The molecule has 4 nitrogen and oxygen atoms in total. The van der Waals surface area contributed by atoms with Gasteiger partial charge in [0.25, 0.3) is 0 Å². The van der Waals surface area contributed by atoms with Crippen LogP contribution < -0.4 is 16.0 Å². The van der Waals surface area contributed by atoms with E-state index in [4.69, 9.17) is 5.73 Å². The fourth-order valence-electron chi connectivity index (χ4n) is 1.90. The van der Waals surface area contributed by atoms with Crippen molar-refractivity contribution in [1.29, 1.82) is 0 Å². The summed E-state index contributed by atoms with van der Waals surface area (Å²) in [5.41, 5.74) is 7.38. The second-order valence-corrected chi connectivity index (χ2v) is 5.34. The van der Waals surface area contributed by atoms with E-state index in [-0.39, 0.29) is 30.7 Å². The first-order valence-electron chi connectivity index (χ1n) is 6.74. The van der Waals surface area contributed by atoms with Crippen LogP contribution in [0, 0.1) is 6.92 Å². The van der Waals surface area contributed by atoms with Crippen molar-refractivity contribution in [3.05, 3.63) is 29.8 Å². The molecule has 0 heterocycles. The third-order valence-corrected chi connectivity index (χ3v) is 3.09. The minimum Gasteiger partial charge on any atom is -0.370 e. The molecule has 0 saturated heterocycles. The Hall–Kier alpha value is -0.970. The van der Waals surface area contributed by atoms with Crippen molar-refractivity contribution in [1.82, 2.24) is 5.32 Å². The van der Waals surface area contributed by atoms with E-state index in [0.717, 1.165) is 13.1 Å². The molecule has 0 fully saturated rings. The van der Waals surface area contributed by atoms with Gasteiger partial charge in [-0.3, -0.25) is 4.79 Å². The third kappa shape index (κ3) is 7.02. The number of likely N-dealkylation sites (N-methyl/N-ethyl adjacent to an activating group) is 1. The first kappa shape index (κ1) is 22.3. The molecule has 122 valence electrons. The SMILES string of the molecule is CCN(CCNC(=O)C(C)(C)N)c1ccccc1C.Cl.Cl. The van der Waals surface area contributed by atoms with Gasteiger partial charge in [-0.15, -0.1) is 24.8 Å². The van der Waals surface area contributed by atoms with Gasteiger partial charge >= 0.3 is 0 Å². The lowest BCUT2D eigenvalue weighted by molar-refractivity contribution is -0.125. The summed E-state index contributed by atoms with van der Waals surface area (Å²) in [4.78, 5) is 13.9. The van der Waals surface area contributed by atoms with E-state index >= 15 is 0 Å². The van der Waals surface area contributed by atoms with Crippen LogP contribution in [0.25, 0.3) is 0 Å². The summed E-state index contributed by atoms with van der Waals surface area (Å²) in [7, 11) is 0. The molecule has 0 atom stereocenters. The van der Waals surface area contributed by atoms with Crippen LogP contribution in [-0.2, 0) is 4.79 Å². The highest BCUT2D eigenvalue weighted by Gasteiger charge is 2.21. The minimum atomic E-state index is -0.820. The highest BCUT2D eigenvalue weighted by Crippen LogP contribution is 2.18. The number of amides is 1. The summed E-state index contributed by atoms with van der Waals surface area (Å²) >= 11 is 0. The van der Waals surface area contributed by atoms with Crippen LogP contribution in [0.4, 0.5) is 5.69 Å². The Kier molecular flexibility index (Phi) is 10.5. The van der Waals surface area contributed by atoms with E-state index in [1.54, 1.807) is 13.8 Å². The van der Waals surface area contributed by atoms with Gasteiger partial charge in [-0.25, -0.2) is 0 Å². The number of benzene rings is 1. The monoisotopic (exact) mass is 335 g/mol. The molecule has 0 saturated carbocycles. The molecule has 0 aromatic heterocycles. The van der Waals surface area contributed by atoms with Crippen molar-refractivity contribution >= 4 is 36.4 Å². The number of hydrogen-bond donors (Lipinski definition) is 2. The quantitative estimate of drug-likeness (QED) is 0.839. The average Bonchev–Trinajstić information content (AvgIpc) is 2.34.